The molecule has 0 saturated carbocycles. The van der Waals surface area contributed by atoms with Crippen LogP contribution in [0.3, 0.4) is 0 Å². The summed E-state index contributed by atoms with van der Waals surface area (Å²) in [6, 6.07) is 15.8. The Morgan fingerprint density at radius 3 is 2.67 bits per heavy atom. The van der Waals surface area contributed by atoms with Crippen molar-refractivity contribution in [3.05, 3.63) is 72.3 Å². The Balaban J connectivity index is 1.60. The van der Waals surface area contributed by atoms with Crippen LogP contribution in [0.5, 0.6) is 5.75 Å². The summed E-state index contributed by atoms with van der Waals surface area (Å²) in [6.07, 6.45) is 3.55. The number of hydrogen-bond acceptors (Lipinski definition) is 6. The van der Waals surface area contributed by atoms with E-state index in [-0.39, 0.29) is 6.61 Å². The average Bonchev–Trinajstić information content (AvgIpc) is 3.10. The highest BCUT2D eigenvalue weighted by Crippen LogP contribution is 2.20. The van der Waals surface area contributed by atoms with Crippen LogP contribution in [0, 0.1) is 0 Å². The zero-order valence-corrected chi connectivity index (χ0v) is 15.3. The first-order valence-corrected chi connectivity index (χ1v) is 8.68. The molecule has 0 aliphatic heterocycles. The molecule has 0 fully saturated rings. The maximum Gasteiger partial charge on any atom is 0.192 e. The number of benzene rings is 1. The third-order valence-electron chi connectivity index (χ3n) is 4.10. The Morgan fingerprint density at radius 1 is 1.00 bits per heavy atom. The van der Waals surface area contributed by atoms with Gasteiger partial charge in [0.2, 0.25) is 0 Å². The van der Waals surface area contributed by atoms with Crippen molar-refractivity contribution >= 4 is 5.65 Å². The van der Waals surface area contributed by atoms with Crippen molar-refractivity contribution in [2.24, 2.45) is 0 Å². The van der Waals surface area contributed by atoms with Crippen LogP contribution in [0.4, 0.5) is 0 Å². The van der Waals surface area contributed by atoms with Gasteiger partial charge < -0.3 is 9.64 Å². The molecule has 0 radical (unpaired) electrons. The first-order chi connectivity index (χ1) is 13.2. The first kappa shape index (κ1) is 17.1. The van der Waals surface area contributed by atoms with E-state index in [4.69, 9.17) is 4.74 Å². The molecule has 4 aromatic rings. The van der Waals surface area contributed by atoms with Gasteiger partial charge in [0, 0.05) is 30.1 Å². The predicted molar refractivity (Wildman–Crippen MR) is 102 cm³/mol. The molecule has 0 unspecified atom stereocenters. The lowest BCUT2D eigenvalue weighted by Crippen LogP contribution is -2.12. The van der Waals surface area contributed by atoms with E-state index in [1.165, 1.54) is 0 Å². The number of hydrogen-bond donors (Lipinski definition) is 0. The molecular formula is C20H20N6O. The Kier molecular flexibility index (Phi) is 4.76. The number of rotatable bonds is 6. The fourth-order valence-corrected chi connectivity index (χ4v) is 2.84. The van der Waals surface area contributed by atoms with Crippen molar-refractivity contribution in [3.63, 3.8) is 0 Å². The Hall–Kier alpha value is -3.32. The van der Waals surface area contributed by atoms with Gasteiger partial charge in [0.1, 0.15) is 12.4 Å². The van der Waals surface area contributed by atoms with E-state index in [0.717, 1.165) is 29.1 Å². The second kappa shape index (κ2) is 7.51. The zero-order valence-electron chi connectivity index (χ0n) is 15.3. The van der Waals surface area contributed by atoms with Crippen LogP contribution in [0.2, 0.25) is 0 Å². The molecule has 0 aliphatic carbocycles. The lowest BCUT2D eigenvalue weighted by molar-refractivity contribution is 0.283. The molecule has 27 heavy (non-hydrogen) atoms. The lowest BCUT2D eigenvalue weighted by Gasteiger charge is -2.14. The molecule has 0 atom stereocenters. The number of pyridine rings is 1. The fourth-order valence-electron chi connectivity index (χ4n) is 2.84. The molecule has 3 heterocycles. The Morgan fingerprint density at radius 2 is 1.85 bits per heavy atom. The topological polar surface area (TPSA) is 68.4 Å². The monoisotopic (exact) mass is 360 g/mol. The van der Waals surface area contributed by atoms with Gasteiger partial charge in [-0.1, -0.05) is 30.3 Å². The van der Waals surface area contributed by atoms with E-state index in [9.17, 15) is 0 Å². The third-order valence-corrected chi connectivity index (χ3v) is 4.10. The van der Waals surface area contributed by atoms with Gasteiger partial charge in [-0.25, -0.2) is 0 Å². The summed E-state index contributed by atoms with van der Waals surface area (Å²) in [5.74, 6) is 1.44. The largest absolute Gasteiger partial charge is 0.485 e. The molecule has 0 N–H and O–H groups in total. The summed E-state index contributed by atoms with van der Waals surface area (Å²) in [5.41, 5.74) is 3.62. The average molecular weight is 360 g/mol. The van der Waals surface area contributed by atoms with Crippen molar-refractivity contribution in [1.82, 2.24) is 29.7 Å². The van der Waals surface area contributed by atoms with E-state index in [0.29, 0.717) is 11.5 Å². The van der Waals surface area contributed by atoms with Crippen LogP contribution < -0.4 is 4.74 Å². The minimum Gasteiger partial charge on any atom is -0.485 e. The molecular weight excluding hydrogens is 340 g/mol. The van der Waals surface area contributed by atoms with E-state index in [1.807, 2.05) is 68.8 Å². The normalized spacial score (nSPS) is 11.2. The molecule has 7 heteroatoms. The molecule has 7 nitrogen and oxygen atoms in total. The van der Waals surface area contributed by atoms with Crippen LogP contribution in [0.1, 0.15) is 11.4 Å². The SMILES string of the molecule is CN(C)Cc1cnccc1OCc1nnc2ccc(-c3ccccc3)nn12. The summed E-state index contributed by atoms with van der Waals surface area (Å²) < 4.78 is 7.74. The van der Waals surface area contributed by atoms with Crippen molar-refractivity contribution in [2.75, 3.05) is 14.1 Å². The van der Waals surface area contributed by atoms with Crippen molar-refractivity contribution in [2.45, 2.75) is 13.2 Å². The van der Waals surface area contributed by atoms with E-state index >= 15 is 0 Å². The van der Waals surface area contributed by atoms with Crippen molar-refractivity contribution in [1.29, 1.82) is 0 Å². The molecule has 0 amide bonds. The number of ether oxygens (including phenoxy) is 1. The highest BCUT2D eigenvalue weighted by molar-refractivity contribution is 5.59. The van der Waals surface area contributed by atoms with Crippen molar-refractivity contribution in [3.8, 4) is 17.0 Å². The number of fused-ring (bicyclic) bond motifs is 1. The fraction of sp³-hybridized carbons (Fsp3) is 0.200. The van der Waals surface area contributed by atoms with Gasteiger partial charge in [-0.2, -0.15) is 9.61 Å². The lowest BCUT2D eigenvalue weighted by atomic mass is 10.1. The van der Waals surface area contributed by atoms with Crippen LogP contribution >= 0.6 is 0 Å². The summed E-state index contributed by atoms with van der Waals surface area (Å²) >= 11 is 0. The summed E-state index contributed by atoms with van der Waals surface area (Å²) in [5, 5.41) is 13.1. The predicted octanol–water partition coefficient (Wildman–Crippen LogP) is 2.83. The Bertz CT molecular complexity index is 1040. The van der Waals surface area contributed by atoms with Gasteiger partial charge in [0.25, 0.3) is 0 Å². The van der Waals surface area contributed by atoms with Crippen LogP contribution in [0.15, 0.2) is 60.9 Å². The molecule has 0 bridgehead atoms. The van der Waals surface area contributed by atoms with E-state index < -0.39 is 0 Å². The van der Waals surface area contributed by atoms with Crippen LogP contribution in [-0.4, -0.2) is 43.8 Å². The van der Waals surface area contributed by atoms with Crippen molar-refractivity contribution < 1.29 is 4.74 Å². The highest BCUT2D eigenvalue weighted by Gasteiger charge is 2.11. The second-order valence-electron chi connectivity index (χ2n) is 6.48. The minimum atomic E-state index is 0.275. The van der Waals surface area contributed by atoms with Gasteiger partial charge in [0.05, 0.1) is 5.69 Å². The van der Waals surface area contributed by atoms with Gasteiger partial charge >= 0.3 is 0 Å². The van der Waals surface area contributed by atoms with Gasteiger partial charge in [-0.15, -0.1) is 10.2 Å². The molecule has 3 aromatic heterocycles. The second-order valence-corrected chi connectivity index (χ2v) is 6.48. The maximum atomic E-state index is 6.01. The smallest absolute Gasteiger partial charge is 0.192 e. The van der Waals surface area contributed by atoms with Crippen LogP contribution in [0.25, 0.3) is 16.9 Å². The maximum absolute atomic E-state index is 6.01. The molecule has 0 spiro atoms. The van der Waals surface area contributed by atoms with Gasteiger partial charge in [-0.05, 0) is 32.3 Å². The molecule has 136 valence electrons. The first-order valence-electron chi connectivity index (χ1n) is 8.68. The zero-order chi connectivity index (χ0) is 18.6. The summed E-state index contributed by atoms with van der Waals surface area (Å²) in [6.45, 7) is 1.02. The van der Waals surface area contributed by atoms with Gasteiger partial charge in [-0.3, -0.25) is 4.98 Å². The summed E-state index contributed by atoms with van der Waals surface area (Å²) in [4.78, 5) is 6.26. The molecule has 0 aliphatic rings. The number of nitrogens with zero attached hydrogens (tertiary/aromatic N) is 6. The van der Waals surface area contributed by atoms with E-state index in [2.05, 4.69) is 25.2 Å². The molecule has 0 saturated heterocycles. The molecule has 4 rings (SSSR count). The van der Waals surface area contributed by atoms with Gasteiger partial charge in [0.15, 0.2) is 11.5 Å². The Labute approximate surface area is 157 Å². The number of aromatic nitrogens is 5. The minimum absolute atomic E-state index is 0.275. The summed E-state index contributed by atoms with van der Waals surface area (Å²) in [7, 11) is 4.02. The highest BCUT2D eigenvalue weighted by atomic mass is 16.5. The standard InChI is InChI=1S/C20H20N6O/c1-25(2)13-16-12-21-11-10-18(16)27-14-20-23-22-19-9-8-17(24-26(19)20)15-6-4-3-5-7-15/h3-12H,13-14H2,1-2H3. The quantitative estimate of drug-likeness (QED) is 0.527. The van der Waals surface area contributed by atoms with Crippen LogP contribution in [-0.2, 0) is 13.2 Å². The third kappa shape index (κ3) is 3.78. The molecule has 1 aromatic carbocycles. The van der Waals surface area contributed by atoms with E-state index in [1.54, 1.807) is 10.7 Å².